The van der Waals surface area contributed by atoms with Crippen LogP contribution >= 0.6 is 0 Å². The predicted molar refractivity (Wildman–Crippen MR) is 79.1 cm³/mol. The van der Waals surface area contributed by atoms with Crippen molar-refractivity contribution >= 4 is 0 Å². The van der Waals surface area contributed by atoms with E-state index in [0.717, 1.165) is 11.1 Å². The summed E-state index contributed by atoms with van der Waals surface area (Å²) in [5.74, 6) is -0.669. The van der Waals surface area contributed by atoms with Gasteiger partial charge in [0.1, 0.15) is 5.82 Å². The third kappa shape index (κ3) is 2.89. The molecule has 0 bridgehead atoms. The summed E-state index contributed by atoms with van der Waals surface area (Å²) < 4.78 is 14.1. The second-order valence-electron chi connectivity index (χ2n) is 5.18. The second-order valence-corrected chi connectivity index (χ2v) is 5.18. The minimum absolute atomic E-state index is 0.262. The van der Waals surface area contributed by atoms with Crippen molar-refractivity contribution < 1.29 is 9.50 Å². The highest BCUT2D eigenvalue weighted by Gasteiger charge is 2.24. The van der Waals surface area contributed by atoms with Crippen molar-refractivity contribution in [3.8, 4) is 0 Å². The molecule has 0 fully saturated rings. The van der Waals surface area contributed by atoms with Crippen molar-refractivity contribution in [3.63, 3.8) is 0 Å². The molecule has 2 nitrogen and oxygen atoms in total. The van der Waals surface area contributed by atoms with E-state index in [4.69, 9.17) is 5.73 Å². The molecule has 2 aromatic rings. The van der Waals surface area contributed by atoms with Crippen LogP contribution in [0.2, 0.25) is 0 Å². The zero-order valence-electron chi connectivity index (χ0n) is 11.8. The van der Waals surface area contributed by atoms with Gasteiger partial charge in [-0.2, -0.15) is 0 Å². The lowest BCUT2D eigenvalue weighted by atomic mass is 9.88. The van der Waals surface area contributed by atoms with Gasteiger partial charge in [-0.15, -0.1) is 0 Å². The fourth-order valence-corrected chi connectivity index (χ4v) is 2.46. The molecule has 2 aromatic carbocycles. The van der Waals surface area contributed by atoms with E-state index < -0.39 is 6.10 Å². The topological polar surface area (TPSA) is 46.2 Å². The Bertz CT molecular complexity index is 597. The molecule has 2 atom stereocenters. The van der Waals surface area contributed by atoms with Crippen molar-refractivity contribution in [2.24, 2.45) is 5.73 Å². The van der Waals surface area contributed by atoms with Crippen LogP contribution < -0.4 is 5.73 Å². The van der Waals surface area contributed by atoms with E-state index >= 15 is 0 Å². The Morgan fingerprint density at radius 1 is 1.15 bits per heavy atom. The highest BCUT2D eigenvalue weighted by atomic mass is 19.1. The summed E-state index contributed by atoms with van der Waals surface area (Å²) in [5, 5.41) is 10.5. The number of aliphatic hydroxyl groups excluding tert-OH is 1. The molecule has 0 aliphatic carbocycles. The molecule has 0 heterocycles. The first-order valence-corrected chi connectivity index (χ1v) is 6.74. The zero-order valence-corrected chi connectivity index (χ0v) is 11.8. The molecule has 106 valence electrons. The van der Waals surface area contributed by atoms with Crippen molar-refractivity contribution in [2.45, 2.75) is 25.9 Å². The van der Waals surface area contributed by atoms with Gasteiger partial charge in [-0.05, 0) is 25.0 Å². The van der Waals surface area contributed by atoms with Gasteiger partial charge in [0.15, 0.2) is 0 Å². The van der Waals surface area contributed by atoms with Gasteiger partial charge < -0.3 is 10.8 Å². The summed E-state index contributed by atoms with van der Waals surface area (Å²) in [7, 11) is 0. The van der Waals surface area contributed by atoms with Crippen molar-refractivity contribution in [1.29, 1.82) is 0 Å². The van der Waals surface area contributed by atoms with E-state index in [-0.39, 0.29) is 18.3 Å². The van der Waals surface area contributed by atoms with Gasteiger partial charge in [-0.3, -0.25) is 0 Å². The van der Waals surface area contributed by atoms with Crippen LogP contribution in [0, 0.1) is 19.7 Å². The lowest BCUT2D eigenvalue weighted by Gasteiger charge is -2.23. The molecule has 0 aliphatic rings. The van der Waals surface area contributed by atoms with Crippen molar-refractivity contribution in [2.75, 3.05) is 6.54 Å². The molecule has 0 aliphatic heterocycles. The zero-order chi connectivity index (χ0) is 14.7. The Balaban J connectivity index is 2.39. The Hall–Kier alpha value is -1.71. The highest BCUT2D eigenvalue weighted by molar-refractivity contribution is 5.32. The molecule has 0 saturated carbocycles. The van der Waals surface area contributed by atoms with Crippen LogP contribution in [0.1, 0.15) is 34.3 Å². The van der Waals surface area contributed by atoms with Crippen LogP contribution in [0.15, 0.2) is 42.5 Å². The summed E-state index contributed by atoms with van der Waals surface area (Å²) in [5.41, 5.74) is 8.66. The van der Waals surface area contributed by atoms with Gasteiger partial charge in [0.25, 0.3) is 0 Å². The maximum absolute atomic E-state index is 14.1. The van der Waals surface area contributed by atoms with Crippen molar-refractivity contribution in [3.05, 3.63) is 70.5 Å². The first-order chi connectivity index (χ1) is 9.54. The molecule has 2 rings (SSSR count). The molecular formula is C17H20FNO. The van der Waals surface area contributed by atoms with E-state index in [2.05, 4.69) is 0 Å². The summed E-state index contributed by atoms with van der Waals surface area (Å²) in [6.07, 6.45) is -0.943. The number of nitrogens with two attached hydrogens (primary N) is 1. The molecule has 2 unspecified atom stereocenters. The third-order valence-corrected chi connectivity index (χ3v) is 3.65. The van der Waals surface area contributed by atoms with E-state index in [1.54, 1.807) is 25.1 Å². The monoisotopic (exact) mass is 273 g/mol. The molecule has 0 amide bonds. The van der Waals surface area contributed by atoms with Crippen molar-refractivity contribution in [1.82, 2.24) is 0 Å². The largest absolute Gasteiger partial charge is 0.388 e. The van der Waals surface area contributed by atoms with Crippen LogP contribution in [-0.4, -0.2) is 11.7 Å². The molecule has 0 aromatic heterocycles. The van der Waals surface area contributed by atoms with E-state index in [9.17, 15) is 9.50 Å². The number of hydrogen-bond donors (Lipinski definition) is 2. The number of rotatable bonds is 4. The molecule has 0 saturated heterocycles. The van der Waals surface area contributed by atoms with Gasteiger partial charge in [0.2, 0.25) is 0 Å². The van der Waals surface area contributed by atoms with E-state index in [1.165, 1.54) is 0 Å². The Morgan fingerprint density at radius 2 is 1.85 bits per heavy atom. The highest BCUT2D eigenvalue weighted by Crippen LogP contribution is 2.32. The van der Waals surface area contributed by atoms with Gasteiger partial charge in [-0.1, -0.05) is 48.0 Å². The van der Waals surface area contributed by atoms with Crippen LogP contribution in [0.4, 0.5) is 4.39 Å². The number of hydrogen-bond acceptors (Lipinski definition) is 2. The van der Waals surface area contributed by atoms with Gasteiger partial charge >= 0.3 is 0 Å². The molecule has 0 radical (unpaired) electrons. The fraction of sp³-hybridized carbons (Fsp3) is 0.294. The lowest BCUT2D eigenvalue weighted by molar-refractivity contribution is 0.143. The Kier molecular flexibility index (Phi) is 4.53. The average molecular weight is 273 g/mol. The van der Waals surface area contributed by atoms with Crippen LogP contribution in [0.3, 0.4) is 0 Å². The maximum atomic E-state index is 14.1. The number of benzene rings is 2. The first kappa shape index (κ1) is 14.7. The normalized spacial score (nSPS) is 14.1. The summed E-state index contributed by atoms with van der Waals surface area (Å²) >= 11 is 0. The Labute approximate surface area is 119 Å². The molecular weight excluding hydrogens is 253 g/mol. The number of aliphatic hydroxyl groups is 1. The number of halogens is 1. The average Bonchev–Trinajstić information content (AvgIpc) is 2.42. The predicted octanol–water partition coefficient (Wildman–Crippen LogP) is 3.22. The van der Waals surface area contributed by atoms with Gasteiger partial charge in [0.05, 0.1) is 6.10 Å². The quantitative estimate of drug-likeness (QED) is 0.898. The van der Waals surface area contributed by atoms with E-state index in [0.29, 0.717) is 11.1 Å². The van der Waals surface area contributed by atoms with Crippen LogP contribution in [-0.2, 0) is 0 Å². The van der Waals surface area contributed by atoms with Crippen LogP contribution in [0.25, 0.3) is 0 Å². The fourth-order valence-electron chi connectivity index (χ4n) is 2.46. The van der Waals surface area contributed by atoms with E-state index in [1.807, 2.05) is 31.2 Å². The van der Waals surface area contributed by atoms with Crippen LogP contribution in [0.5, 0.6) is 0 Å². The molecule has 0 spiro atoms. The molecule has 20 heavy (non-hydrogen) atoms. The molecule has 3 heteroatoms. The Morgan fingerprint density at radius 3 is 2.50 bits per heavy atom. The summed E-state index contributed by atoms with van der Waals surface area (Å²) in [6.45, 7) is 3.93. The maximum Gasteiger partial charge on any atom is 0.131 e. The second kappa shape index (κ2) is 6.16. The first-order valence-electron chi connectivity index (χ1n) is 6.74. The van der Waals surface area contributed by atoms with Gasteiger partial charge in [0, 0.05) is 18.0 Å². The minimum Gasteiger partial charge on any atom is -0.388 e. The standard InChI is InChI=1S/C17H20FNO/c1-11-5-3-7-13(9-11)15(10-19)17(20)14-8-4-6-12(2)16(14)18/h3-9,15,17,20H,10,19H2,1-2H3. The lowest BCUT2D eigenvalue weighted by Crippen LogP contribution is -2.21. The third-order valence-electron chi connectivity index (χ3n) is 3.65. The van der Waals surface area contributed by atoms with Gasteiger partial charge in [-0.25, -0.2) is 4.39 Å². The minimum atomic E-state index is -0.943. The smallest absolute Gasteiger partial charge is 0.131 e. The molecule has 3 N–H and O–H groups in total. The summed E-state index contributed by atoms with van der Waals surface area (Å²) in [4.78, 5) is 0. The summed E-state index contributed by atoms with van der Waals surface area (Å²) in [6, 6.07) is 12.9. The SMILES string of the molecule is Cc1cccc(C(CN)C(O)c2cccc(C)c2F)c1. The number of aryl methyl sites for hydroxylation is 2.